The lowest BCUT2D eigenvalue weighted by molar-refractivity contribution is 0.452. The van der Waals surface area contributed by atoms with Gasteiger partial charge in [-0.2, -0.15) is 0 Å². The summed E-state index contributed by atoms with van der Waals surface area (Å²) in [5, 5.41) is 6.41. The van der Waals surface area contributed by atoms with E-state index in [0.29, 0.717) is 24.1 Å². The second-order valence-corrected chi connectivity index (χ2v) is 7.25. The molecule has 0 saturated carbocycles. The van der Waals surface area contributed by atoms with Gasteiger partial charge in [0, 0.05) is 24.2 Å². The molecule has 0 atom stereocenters. The van der Waals surface area contributed by atoms with Gasteiger partial charge >= 0.3 is 0 Å². The quantitative estimate of drug-likeness (QED) is 0.695. The standard InChI is InChI=1S/C13H23N5O2S/c1-10-17-12(11-3-5-15-6-4-11)9-13(18-10)16-7-8-21(19,20)14-2/h9,11,14-15H,3-8H2,1-2H3,(H,16,17,18). The third-order valence-electron chi connectivity index (χ3n) is 3.60. The highest BCUT2D eigenvalue weighted by Gasteiger charge is 2.17. The molecule has 2 heterocycles. The Bertz CT molecular complexity index is 570. The normalized spacial score (nSPS) is 16.9. The van der Waals surface area contributed by atoms with Crippen molar-refractivity contribution >= 4 is 15.8 Å². The minimum atomic E-state index is -3.19. The van der Waals surface area contributed by atoms with Crippen LogP contribution in [0.4, 0.5) is 5.82 Å². The van der Waals surface area contributed by atoms with Crippen molar-refractivity contribution in [3.63, 3.8) is 0 Å². The summed E-state index contributed by atoms with van der Waals surface area (Å²) in [5.41, 5.74) is 1.04. The number of aryl methyl sites for hydroxylation is 1. The SMILES string of the molecule is CNS(=O)(=O)CCNc1cc(C2CCNCC2)nc(C)n1. The van der Waals surface area contributed by atoms with Crippen LogP contribution in [-0.2, 0) is 10.0 Å². The summed E-state index contributed by atoms with van der Waals surface area (Å²) in [6.07, 6.45) is 2.15. The lowest BCUT2D eigenvalue weighted by atomic mass is 9.94. The van der Waals surface area contributed by atoms with E-state index < -0.39 is 10.0 Å². The molecule has 8 heteroatoms. The van der Waals surface area contributed by atoms with Gasteiger partial charge in [0.15, 0.2) is 0 Å². The fourth-order valence-corrected chi connectivity index (χ4v) is 3.00. The molecule has 1 fully saturated rings. The summed E-state index contributed by atoms with van der Waals surface area (Å²) >= 11 is 0. The fourth-order valence-electron chi connectivity index (χ4n) is 2.42. The molecule has 0 amide bonds. The maximum Gasteiger partial charge on any atom is 0.213 e. The van der Waals surface area contributed by atoms with Crippen LogP contribution in [0, 0.1) is 6.92 Å². The first-order valence-corrected chi connectivity index (χ1v) is 8.87. The Morgan fingerprint density at radius 2 is 2.05 bits per heavy atom. The molecule has 1 saturated heterocycles. The number of piperidine rings is 1. The highest BCUT2D eigenvalue weighted by Crippen LogP contribution is 2.24. The first kappa shape index (κ1) is 16.1. The van der Waals surface area contributed by atoms with E-state index in [-0.39, 0.29) is 5.75 Å². The number of hydrogen-bond acceptors (Lipinski definition) is 6. The van der Waals surface area contributed by atoms with E-state index in [0.717, 1.165) is 31.6 Å². The molecule has 3 N–H and O–H groups in total. The largest absolute Gasteiger partial charge is 0.369 e. The maximum absolute atomic E-state index is 11.4. The molecular weight excluding hydrogens is 290 g/mol. The van der Waals surface area contributed by atoms with Crippen molar-refractivity contribution in [3.8, 4) is 0 Å². The summed E-state index contributed by atoms with van der Waals surface area (Å²) in [4.78, 5) is 8.84. The minimum absolute atomic E-state index is 0.0230. The van der Waals surface area contributed by atoms with E-state index in [2.05, 4.69) is 25.3 Å². The monoisotopic (exact) mass is 313 g/mol. The molecule has 0 aromatic carbocycles. The summed E-state index contributed by atoms with van der Waals surface area (Å²) in [6.45, 7) is 4.21. The van der Waals surface area contributed by atoms with E-state index in [4.69, 9.17) is 0 Å². The number of sulfonamides is 1. The van der Waals surface area contributed by atoms with Crippen LogP contribution >= 0.6 is 0 Å². The van der Waals surface area contributed by atoms with Crippen LogP contribution in [0.15, 0.2) is 6.07 Å². The first-order valence-electron chi connectivity index (χ1n) is 7.21. The molecule has 1 aliphatic heterocycles. The molecule has 118 valence electrons. The van der Waals surface area contributed by atoms with Gasteiger partial charge in [0.2, 0.25) is 10.0 Å². The van der Waals surface area contributed by atoms with Crippen LogP contribution in [0.2, 0.25) is 0 Å². The minimum Gasteiger partial charge on any atom is -0.369 e. The molecule has 0 radical (unpaired) electrons. The van der Waals surface area contributed by atoms with E-state index in [1.165, 1.54) is 7.05 Å². The molecule has 2 rings (SSSR count). The van der Waals surface area contributed by atoms with Crippen molar-refractivity contribution in [1.29, 1.82) is 0 Å². The Labute approximate surface area is 126 Å². The fraction of sp³-hybridized carbons (Fsp3) is 0.692. The van der Waals surface area contributed by atoms with Gasteiger partial charge < -0.3 is 10.6 Å². The van der Waals surface area contributed by atoms with Gasteiger partial charge in [-0.1, -0.05) is 0 Å². The van der Waals surface area contributed by atoms with E-state index in [1.807, 2.05) is 13.0 Å². The average Bonchev–Trinajstić information content (AvgIpc) is 2.47. The number of hydrogen-bond donors (Lipinski definition) is 3. The zero-order valence-electron chi connectivity index (χ0n) is 12.5. The van der Waals surface area contributed by atoms with Gasteiger partial charge in [0.25, 0.3) is 0 Å². The summed E-state index contributed by atoms with van der Waals surface area (Å²) < 4.78 is 25.1. The van der Waals surface area contributed by atoms with Gasteiger partial charge in [0.1, 0.15) is 11.6 Å². The molecule has 0 aliphatic carbocycles. The Kier molecular flexibility index (Phi) is 5.49. The summed E-state index contributed by atoms with van der Waals surface area (Å²) in [5.74, 6) is 1.89. The van der Waals surface area contributed by atoms with E-state index in [1.54, 1.807) is 0 Å². The smallest absolute Gasteiger partial charge is 0.213 e. The summed E-state index contributed by atoms with van der Waals surface area (Å²) in [7, 11) is -1.78. The van der Waals surface area contributed by atoms with Gasteiger partial charge in [-0.05, 0) is 39.9 Å². The third kappa shape index (κ3) is 4.90. The second kappa shape index (κ2) is 7.15. The van der Waals surface area contributed by atoms with Crippen molar-refractivity contribution in [3.05, 3.63) is 17.6 Å². The van der Waals surface area contributed by atoms with E-state index in [9.17, 15) is 8.42 Å². The third-order valence-corrected chi connectivity index (χ3v) is 4.97. The number of nitrogens with one attached hydrogen (secondary N) is 3. The van der Waals surface area contributed by atoms with Crippen LogP contribution in [0.3, 0.4) is 0 Å². The van der Waals surface area contributed by atoms with Crippen molar-refractivity contribution in [2.24, 2.45) is 0 Å². The predicted molar refractivity (Wildman–Crippen MR) is 82.9 cm³/mol. The Morgan fingerprint density at radius 1 is 1.33 bits per heavy atom. The number of aromatic nitrogens is 2. The van der Waals surface area contributed by atoms with Crippen LogP contribution < -0.4 is 15.4 Å². The van der Waals surface area contributed by atoms with Crippen LogP contribution in [0.25, 0.3) is 0 Å². The van der Waals surface area contributed by atoms with Crippen LogP contribution in [0.1, 0.15) is 30.3 Å². The lowest BCUT2D eigenvalue weighted by Gasteiger charge is -2.22. The Hall–Kier alpha value is -1.25. The molecule has 0 spiro atoms. The zero-order valence-corrected chi connectivity index (χ0v) is 13.3. The van der Waals surface area contributed by atoms with E-state index >= 15 is 0 Å². The molecule has 1 aromatic rings. The highest BCUT2D eigenvalue weighted by atomic mass is 32.2. The molecule has 7 nitrogen and oxygen atoms in total. The summed E-state index contributed by atoms with van der Waals surface area (Å²) in [6, 6.07) is 1.94. The van der Waals surface area contributed by atoms with Gasteiger partial charge in [-0.25, -0.2) is 23.1 Å². The second-order valence-electron chi connectivity index (χ2n) is 5.20. The van der Waals surface area contributed by atoms with Gasteiger partial charge in [-0.3, -0.25) is 0 Å². The highest BCUT2D eigenvalue weighted by molar-refractivity contribution is 7.89. The van der Waals surface area contributed by atoms with Crippen LogP contribution in [-0.4, -0.2) is 50.8 Å². The van der Waals surface area contributed by atoms with Gasteiger partial charge in [0.05, 0.1) is 5.75 Å². The molecule has 0 bridgehead atoms. The van der Waals surface area contributed by atoms with Crippen LogP contribution in [0.5, 0.6) is 0 Å². The molecule has 0 unspecified atom stereocenters. The van der Waals surface area contributed by atoms with Crippen molar-refractivity contribution in [2.75, 3.05) is 37.8 Å². The Balaban J connectivity index is 2.01. The maximum atomic E-state index is 11.4. The zero-order chi connectivity index (χ0) is 15.3. The Morgan fingerprint density at radius 3 is 2.71 bits per heavy atom. The van der Waals surface area contributed by atoms with Crippen molar-refractivity contribution in [2.45, 2.75) is 25.7 Å². The number of anilines is 1. The number of rotatable bonds is 6. The predicted octanol–water partition coefficient (Wildman–Crippen LogP) is 0.213. The van der Waals surface area contributed by atoms with Crippen molar-refractivity contribution < 1.29 is 8.42 Å². The molecule has 1 aliphatic rings. The molecule has 1 aromatic heterocycles. The lowest BCUT2D eigenvalue weighted by Crippen LogP contribution is -2.27. The van der Waals surface area contributed by atoms with Gasteiger partial charge in [-0.15, -0.1) is 0 Å². The molecule has 21 heavy (non-hydrogen) atoms. The topological polar surface area (TPSA) is 96.0 Å². The number of nitrogens with zero attached hydrogens (tertiary/aromatic N) is 2. The average molecular weight is 313 g/mol. The molecular formula is C13H23N5O2S. The van der Waals surface area contributed by atoms with Crippen molar-refractivity contribution in [1.82, 2.24) is 20.0 Å². The first-order chi connectivity index (χ1) is 10.00.